The summed E-state index contributed by atoms with van der Waals surface area (Å²) in [4.78, 5) is 4.98. The Labute approximate surface area is 382 Å². The Balaban J connectivity index is 1.09. The molecule has 3 aliphatic heterocycles. The van der Waals surface area contributed by atoms with Crippen molar-refractivity contribution in [2.75, 3.05) is 9.71 Å². The van der Waals surface area contributed by atoms with Gasteiger partial charge in [-0.15, -0.1) is 0 Å². The summed E-state index contributed by atoms with van der Waals surface area (Å²) >= 11 is 0. The Bertz CT molecular complexity index is 3700. The molecule has 0 atom stereocenters. The smallest absolute Gasteiger partial charge is 0.333 e. The maximum absolute atomic E-state index is 7.06. The van der Waals surface area contributed by atoms with Gasteiger partial charge in [0.15, 0.2) is 23.0 Å². The first-order valence-corrected chi connectivity index (χ1v) is 22.4. The van der Waals surface area contributed by atoms with Gasteiger partial charge in [0.05, 0.1) is 0 Å². The van der Waals surface area contributed by atoms with Crippen molar-refractivity contribution >= 4 is 68.1 Å². The zero-order valence-corrected chi connectivity index (χ0v) is 35.6. The van der Waals surface area contributed by atoms with E-state index in [2.05, 4.69) is 204 Å². The topological polar surface area (TPSA) is 38.1 Å². The molecule has 14 rings (SSSR count). The molecule has 66 heavy (non-hydrogen) atoms. The van der Waals surface area contributed by atoms with E-state index in [9.17, 15) is 0 Å². The molecule has 0 saturated heterocycles. The summed E-state index contributed by atoms with van der Waals surface area (Å²) in [7, 11) is 0. The summed E-state index contributed by atoms with van der Waals surface area (Å²) in [6, 6.07) is 79.8. The van der Waals surface area contributed by atoms with Gasteiger partial charge in [-0.2, -0.15) is 0 Å². The van der Waals surface area contributed by atoms with Crippen LogP contribution in [0.5, 0.6) is 23.0 Å². The monoisotopic (exact) mass is 844 g/mol. The van der Waals surface area contributed by atoms with Crippen molar-refractivity contribution in [2.24, 2.45) is 0 Å². The van der Waals surface area contributed by atoms with Gasteiger partial charge in [-0.05, 0) is 105 Å². The molecule has 4 heterocycles. The Morgan fingerprint density at radius 3 is 1.55 bits per heavy atom. The number of rotatable bonds is 5. The number of hydrogen-bond donors (Lipinski definition) is 0. The number of fused-ring (bicyclic) bond motifs is 10. The van der Waals surface area contributed by atoms with Crippen molar-refractivity contribution in [1.29, 1.82) is 0 Å². The van der Waals surface area contributed by atoms with E-state index >= 15 is 0 Å². The number of hydrogen-bond acceptors (Lipinski definition) is 5. The van der Waals surface area contributed by atoms with Crippen LogP contribution in [0, 0.1) is 0 Å². The quantitative estimate of drug-likeness (QED) is 0.161. The molecule has 0 aliphatic carbocycles. The first kappa shape index (κ1) is 36.7. The van der Waals surface area contributed by atoms with Gasteiger partial charge < -0.3 is 23.6 Å². The molecule has 10 aromatic carbocycles. The molecule has 0 unspecified atom stereocenters. The molecule has 0 spiro atoms. The maximum atomic E-state index is 7.06. The maximum Gasteiger partial charge on any atom is 0.333 e. The third-order valence-electron chi connectivity index (χ3n) is 13.5. The van der Waals surface area contributed by atoms with Crippen LogP contribution < -0.4 is 30.1 Å². The van der Waals surface area contributed by atoms with Crippen molar-refractivity contribution in [3.05, 3.63) is 224 Å². The summed E-state index contributed by atoms with van der Waals surface area (Å²) in [5.74, 6) is 2.69. The molecule has 11 aromatic rings. The standard InChI is InChI=1S/C60H37BN2O3/c1-4-14-38(15-5-1)41-24-29-44(30-25-41)62-50-33-28-43(40-18-8-3-9-19-40)34-49(50)61-59-52(62)35-47-46-20-10-11-21-53(46)66-60(47)58(59)48-36-56-57(65-55-23-13-12-22-54(55)64-56)37-51(48)63(61)45-31-26-42(27-32-45)39-16-6-2-7-17-39/h1-37H. The average molecular weight is 845 g/mol. The van der Waals surface area contributed by atoms with Crippen LogP contribution in [0.15, 0.2) is 229 Å². The molecule has 308 valence electrons. The number of benzene rings is 10. The summed E-state index contributed by atoms with van der Waals surface area (Å²) in [5.41, 5.74) is 18.4. The fourth-order valence-electron chi connectivity index (χ4n) is 10.5. The third kappa shape index (κ3) is 5.61. The molecule has 3 aliphatic rings. The van der Waals surface area contributed by atoms with E-state index in [1.807, 2.05) is 30.3 Å². The molecular formula is C60H37BN2O3. The van der Waals surface area contributed by atoms with Gasteiger partial charge in [0.1, 0.15) is 11.2 Å². The van der Waals surface area contributed by atoms with Crippen molar-refractivity contribution < 1.29 is 13.9 Å². The fraction of sp³-hybridized carbons (Fsp3) is 0. The molecule has 0 N–H and O–H groups in total. The zero-order chi connectivity index (χ0) is 43.3. The molecule has 1 aromatic heterocycles. The molecule has 5 nitrogen and oxygen atoms in total. The lowest BCUT2D eigenvalue weighted by Gasteiger charge is -2.46. The second-order valence-electron chi connectivity index (χ2n) is 17.2. The first-order valence-electron chi connectivity index (χ1n) is 22.4. The van der Waals surface area contributed by atoms with Gasteiger partial charge in [-0.25, -0.2) is 0 Å². The summed E-state index contributed by atoms with van der Waals surface area (Å²) in [6.45, 7) is -0.281. The van der Waals surface area contributed by atoms with Crippen molar-refractivity contribution in [3.8, 4) is 67.5 Å². The SMILES string of the molecule is c1ccc(-c2ccc(N3B4c5cc(-c6ccccc6)ccc5N(c5ccc(-c6ccccc6)cc5)c5cc6c(oc7ccccc76)c(c54)-c4cc5c(cc43)Oc3ccccc3O5)cc2)cc1. The van der Waals surface area contributed by atoms with Crippen LogP contribution in [-0.4, -0.2) is 6.85 Å². The Morgan fingerprint density at radius 1 is 0.364 bits per heavy atom. The number of nitrogens with zero attached hydrogens (tertiary/aromatic N) is 2. The normalized spacial score (nSPS) is 13.0. The van der Waals surface area contributed by atoms with E-state index in [1.165, 1.54) is 22.2 Å². The van der Waals surface area contributed by atoms with Crippen LogP contribution in [0.3, 0.4) is 0 Å². The van der Waals surface area contributed by atoms with Crippen LogP contribution >= 0.6 is 0 Å². The molecule has 0 amide bonds. The summed E-state index contributed by atoms with van der Waals surface area (Å²) < 4.78 is 20.5. The van der Waals surface area contributed by atoms with E-state index in [0.29, 0.717) is 23.0 Å². The van der Waals surface area contributed by atoms with Gasteiger partial charge in [0.2, 0.25) is 0 Å². The van der Waals surface area contributed by atoms with E-state index in [0.717, 1.165) is 83.7 Å². The number of furan rings is 1. The third-order valence-corrected chi connectivity index (χ3v) is 13.5. The van der Waals surface area contributed by atoms with Crippen molar-refractivity contribution in [3.63, 3.8) is 0 Å². The lowest BCUT2D eigenvalue weighted by atomic mass is 9.43. The number of ether oxygens (including phenoxy) is 2. The highest BCUT2D eigenvalue weighted by molar-refractivity contribution is 6.94. The molecule has 0 fully saturated rings. The van der Waals surface area contributed by atoms with E-state index in [-0.39, 0.29) is 6.85 Å². The van der Waals surface area contributed by atoms with Gasteiger partial charge >= 0.3 is 6.85 Å². The van der Waals surface area contributed by atoms with Crippen LogP contribution in [0.1, 0.15) is 0 Å². The summed E-state index contributed by atoms with van der Waals surface area (Å²) in [6.07, 6.45) is 0. The molecule has 0 saturated carbocycles. The van der Waals surface area contributed by atoms with Gasteiger partial charge in [0.25, 0.3) is 0 Å². The highest BCUT2D eigenvalue weighted by Crippen LogP contribution is 2.55. The number of anilines is 5. The van der Waals surface area contributed by atoms with Gasteiger partial charge in [0, 0.05) is 56.4 Å². The molecular weight excluding hydrogens is 807 g/mol. The first-order chi connectivity index (χ1) is 32.7. The van der Waals surface area contributed by atoms with Crippen LogP contribution in [0.4, 0.5) is 28.4 Å². The second-order valence-corrected chi connectivity index (χ2v) is 17.2. The fourth-order valence-corrected chi connectivity index (χ4v) is 10.5. The number of para-hydroxylation sites is 3. The van der Waals surface area contributed by atoms with Gasteiger partial charge in [-0.1, -0.05) is 158 Å². The predicted octanol–water partition coefficient (Wildman–Crippen LogP) is 15.2. The van der Waals surface area contributed by atoms with Crippen molar-refractivity contribution in [1.82, 2.24) is 0 Å². The van der Waals surface area contributed by atoms with E-state index < -0.39 is 0 Å². The highest BCUT2D eigenvalue weighted by atomic mass is 16.6. The molecule has 0 radical (unpaired) electrons. The Hall–Kier alpha value is -8.74. The Kier molecular flexibility index (Phi) is 8.01. The lowest BCUT2D eigenvalue weighted by molar-refractivity contribution is 0.360. The molecule has 6 heteroatoms. The largest absolute Gasteiger partial charge is 0.455 e. The zero-order valence-electron chi connectivity index (χ0n) is 35.6. The second kappa shape index (κ2) is 14.4. The van der Waals surface area contributed by atoms with Crippen molar-refractivity contribution in [2.45, 2.75) is 0 Å². The average Bonchev–Trinajstić information content (AvgIpc) is 3.76. The minimum absolute atomic E-state index is 0.281. The van der Waals surface area contributed by atoms with E-state index in [4.69, 9.17) is 13.9 Å². The van der Waals surface area contributed by atoms with Gasteiger partial charge in [-0.3, -0.25) is 0 Å². The van der Waals surface area contributed by atoms with Crippen LogP contribution in [0.2, 0.25) is 0 Å². The minimum atomic E-state index is -0.281. The predicted molar refractivity (Wildman–Crippen MR) is 270 cm³/mol. The van der Waals surface area contributed by atoms with E-state index in [1.54, 1.807) is 0 Å². The van der Waals surface area contributed by atoms with Crippen LogP contribution in [-0.2, 0) is 0 Å². The molecule has 0 bridgehead atoms. The van der Waals surface area contributed by atoms with Crippen LogP contribution in [0.25, 0.3) is 66.4 Å². The minimum Gasteiger partial charge on any atom is -0.455 e. The summed E-state index contributed by atoms with van der Waals surface area (Å²) in [5, 5.41) is 2.12. The highest BCUT2D eigenvalue weighted by Gasteiger charge is 2.47. The lowest BCUT2D eigenvalue weighted by Crippen LogP contribution is -2.61. The Morgan fingerprint density at radius 2 is 0.894 bits per heavy atom.